The highest BCUT2D eigenvalue weighted by Crippen LogP contribution is 2.39. The van der Waals surface area contributed by atoms with Crippen LogP contribution < -0.4 is 5.32 Å². The maximum absolute atomic E-state index is 13.4. The molecule has 2 aromatic rings. The minimum atomic E-state index is -1.35. The van der Waals surface area contributed by atoms with Crippen molar-refractivity contribution in [1.29, 1.82) is 0 Å². The lowest BCUT2D eigenvalue weighted by molar-refractivity contribution is -0.132. The Hall–Kier alpha value is -2.22. The Kier molecular flexibility index (Phi) is 7.43. The number of alkyl carbamates (subject to hydrolysis) is 1. The lowest BCUT2D eigenvalue weighted by atomic mass is 9.82. The predicted molar refractivity (Wildman–Crippen MR) is 120 cm³/mol. The van der Waals surface area contributed by atoms with Crippen molar-refractivity contribution < 1.29 is 23.4 Å². The zero-order chi connectivity index (χ0) is 22.1. The summed E-state index contributed by atoms with van der Waals surface area (Å²) in [6.07, 6.45) is 2.31. The minimum absolute atomic E-state index is 0. The van der Waals surface area contributed by atoms with Gasteiger partial charge in [-0.3, -0.25) is 5.32 Å². The monoisotopic (exact) mass is 466 g/mol. The summed E-state index contributed by atoms with van der Waals surface area (Å²) in [5, 5.41) is 13.0. The molecule has 1 atom stereocenters. The average molecular weight is 467 g/mol. The van der Waals surface area contributed by atoms with Gasteiger partial charge in [-0.15, -0.1) is 12.4 Å². The number of benzene rings is 2. The van der Waals surface area contributed by atoms with Gasteiger partial charge in [0.1, 0.15) is 11.6 Å². The van der Waals surface area contributed by atoms with Gasteiger partial charge in [-0.25, -0.2) is 13.6 Å². The number of aliphatic hydroxyl groups is 1. The molecular weight excluding hydrogens is 438 g/mol. The summed E-state index contributed by atoms with van der Waals surface area (Å²) in [6, 6.07) is 13.0. The molecule has 1 amide bonds. The number of carbonyl (C=O) groups excluding carboxylic acids is 1. The Morgan fingerprint density at radius 1 is 1.03 bits per heavy atom. The van der Waals surface area contributed by atoms with Crippen molar-refractivity contribution in [3.05, 3.63) is 71.3 Å². The Morgan fingerprint density at radius 2 is 1.53 bits per heavy atom. The molecule has 1 spiro atoms. The first kappa shape index (κ1) is 24.4. The number of hydrogen-bond donors (Lipinski definition) is 2. The van der Waals surface area contributed by atoms with Gasteiger partial charge in [-0.05, 0) is 61.7 Å². The molecule has 0 saturated carbocycles. The number of hydrogen-bond acceptors (Lipinski definition) is 4. The van der Waals surface area contributed by atoms with Crippen LogP contribution in [0.2, 0.25) is 0 Å². The van der Waals surface area contributed by atoms with E-state index in [1.54, 1.807) is 31.2 Å². The van der Waals surface area contributed by atoms with Crippen LogP contribution in [0.5, 0.6) is 0 Å². The molecule has 0 aromatic heterocycles. The molecule has 32 heavy (non-hydrogen) atoms. The van der Waals surface area contributed by atoms with Crippen molar-refractivity contribution in [3.8, 4) is 0 Å². The number of halogens is 3. The van der Waals surface area contributed by atoms with Crippen LogP contribution in [0.1, 0.15) is 49.7 Å². The van der Waals surface area contributed by atoms with Crippen molar-refractivity contribution in [3.63, 3.8) is 0 Å². The molecule has 4 rings (SSSR count). The number of carbonyl (C=O) groups is 1. The third-order valence-corrected chi connectivity index (χ3v) is 6.70. The van der Waals surface area contributed by atoms with Crippen LogP contribution in [0.4, 0.5) is 13.6 Å². The number of nitrogens with zero attached hydrogens (tertiary/aromatic N) is 1. The molecule has 2 aliphatic rings. The van der Waals surface area contributed by atoms with E-state index in [-0.39, 0.29) is 30.0 Å². The fourth-order valence-electron chi connectivity index (χ4n) is 4.78. The molecule has 2 fully saturated rings. The molecule has 5 nitrogen and oxygen atoms in total. The summed E-state index contributed by atoms with van der Waals surface area (Å²) in [6.45, 7) is 3.90. The average Bonchev–Trinajstić information content (AvgIpc) is 2.96. The number of nitrogens with one attached hydrogen (secondary N) is 1. The molecule has 0 bridgehead atoms. The van der Waals surface area contributed by atoms with Gasteiger partial charge in [-0.1, -0.05) is 24.3 Å². The fourth-order valence-corrected chi connectivity index (χ4v) is 4.78. The van der Waals surface area contributed by atoms with Crippen LogP contribution in [0.15, 0.2) is 48.5 Å². The molecule has 174 valence electrons. The van der Waals surface area contributed by atoms with E-state index in [2.05, 4.69) is 10.2 Å². The smallest absolute Gasteiger partial charge is 0.410 e. The standard InChI is InChI=1S/C24H28F2N2O3.ClH/c1-23(30)24(31-22(29)27-23)12-15-28(16-13-24)14-2-3-21(17-4-8-19(25)9-5-17)18-6-10-20(26)11-7-18;/h4-11,21,30H,2-3,12-16H2,1H3,(H,27,29);1H. The molecule has 1 unspecified atom stereocenters. The first-order valence-corrected chi connectivity index (χ1v) is 10.7. The van der Waals surface area contributed by atoms with E-state index < -0.39 is 17.4 Å². The van der Waals surface area contributed by atoms with Crippen molar-refractivity contribution in [2.75, 3.05) is 19.6 Å². The zero-order valence-electron chi connectivity index (χ0n) is 18.0. The topological polar surface area (TPSA) is 61.8 Å². The van der Waals surface area contributed by atoms with Gasteiger partial charge in [0.25, 0.3) is 0 Å². The molecule has 0 radical (unpaired) electrons. The summed E-state index contributed by atoms with van der Waals surface area (Å²) >= 11 is 0. The first-order chi connectivity index (χ1) is 14.8. The van der Waals surface area contributed by atoms with E-state index in [0.29, 0.717) is 12.8 Å². The summed E-state index contributed by atoms with van der Waals surface area (Å²) < 4.78 is 32.2. The van der Waals surface area contributed by atoms with E-state index in [1.807, 2.05) is 0 Å². The van der Waals surface area contributed by atoms with Gasteiger partial charge in [0.15, 0.2) is 11.3 Å². The second-order valence-corrected chi connectivity index (χ2v) is 8.72. The molecule has 8 heteroatoms. The molecule has 2 N–H and O–H groups in total. The largest absolute Gasteiger partial charge is 0.438 e. The van der Waals surface area contributed by atoms with Crippen LogP contribution in [-0.2, 0) is 4.74 Å². The third kappa shape index (κ3) is 5.05. The van der Waals surface area contributed by atoms with Crippen LogP contribution in [0, 0.1) is 11.6 Å². The maximum Gasteiger partial charge on any atom is 0.410 e. The second-order valence-electron chi connectivity index (χ2n) is 8.72. The number of amides is 1. The third-order valence-electron chi connectivity index (χ3n) is 6.70. The fraction of sp³-hybridized carbons (Fsp3) is 0.458. The quantitative estimate of drug-likeness (QED) is 0.654. The molecule has 2 heterocycles. The van der Waals surface area contributed by atoms with Crippen LogP contribution in [0.25, 0.3) is 0 Å². The second kappa shape index (κ2) is 9.73. The van der Waals surface area contributed by atoms with Gasteiger partial charge >= 0.3 is 6.09 Å². The summed E-state index contributed by atoms with van der Waals surface area (Å²) in [5.41, 5.74) is -0.214. The highest BCUT2D eigenvalue weighted by molar-refractivity contribution is 5.85. The van der Waals surface area contributed by atoms with Gasteiger partial charge in [0, 0.05) is 31.8 Å². The predicted octanol–water partition coefficient (Wildman–Crippen LogP) is 4.58. The zero-order valence-corrected chi connectivity index (χ0v) is 18.8. The molecular formula is C24H29ClF2N2O3. The van der Waals surface area contributed by atoms with Crippen LogP contribution >= 0.6 is 12.4 Å². The minimum Gasteiger partial charge on any atom is -0.438 e. The van der Waals surface area contributed by atoms with Crippen LogP contribution in [0.3, 0.4) is 0 Å². The summed E-state index contributed by atoms with van der Waals surface area (Å²) in [4.78, 5) is 13.9. The van der Waals surface area contributed by atoms with Crippen molar-refractivity contribution in [1.82, 2.24) is 10.2 Å². The number of piperidine rings is 1. The summed E-state index contributed by atoms with van der Waals surface area (Å²) in [7, 11) is 0. The van der Waals surface area contributed by atoms with E-state index >= 15 is 0 Å². The molecule has 2 saturated heterocycles. The number of rotatable bonds is 6. The normalized spacial score (nSPS) is 22.5. The summed E-state index contributed by atoms with van der Waals surface area (Å²) in [5.74, 6) is -0.498. The number of likely N-dealkylation sites (tertiary alicyclic amines) is 1. The highest BCUT2D eigenvalue weighted by atomic mass is 35.5. The van der Waals surface area contributed by atoms with E-state index in [9.17, 15) is 18.7 Å². The highest BCUT2D eigenvalue weighted by Gasteiger charge is 2.57. The van der Waals surface area contributed by atoms with Gasteiger partial charge in [0.05, 0.1) is 0 Å². The lowest BCUT2D eigenvalue weighted by Gasteiger charge is -2.43. The Morgan fingerprint density at radius 3 is 1.97 bits per heavy atom. The van der Waals surface area contributed by atoms with Crippen LogP contribution in [-0.4, -0.2) is 47.1 Å². The SMILES string of the molecule is CC1(O)NC(=O)OC12CCN(CCCC(c1ccc(F)cc1)c1ccc(F)cc1)CC2.Cl. The maximum atomic E-state index is 13.4. The molecule has 0 aliphatic carbocycles. The van der Waals surface area contributed by atoms with Crippen molar-refractivity contribution >= 4 is 18.5 Å². The van der Waals surface area contributed by atoms with E-state index in [1.165, 1.54) is 24.3 Å². The number of ether oxygens (including phenoxy) is 1. The molecule has 2 aliphatic heterocycles. The first-order valence-electron chi connectivity index (χ1n) is 10.7. The van der Waals surface area contributed by atoms with Crippen molar-refractivity contribution in [2.24, 2.45) is 0 Å². The lowest BCUT2D eigenvalue weighted by Crippen LogP contribution is -2.59. The van der Waals surface area contributed by atoms with E-state index in [4.69, 9.17) is 4.74 Å². The van der Waals surface area contributed by atoms with Crippen molar-refractivity contribution in [2.45, 2.75) is 49.9 Å². The molecule has 2 aromatic carbocycles. The Bertz CT molecular complexity index is 868. The Balaban J connectivity index is 0.00000289. The van der Waals surface area contributed by atoms with Gasteiger partial charge in [0.2, 0.25) is 0 Å². The van der Waals surface area contributed by atoms with Gasteiger partial charge in [-0.2, -0.15) is 0 Å². The Labute approximate surface area is 193 Å². The van der Waals surface area contributed by atoms with Gasteiger partial charge < -0.3 is 14.7 Å². The van der Waals surface area contributed by atoms with E-state index in [0.717, 1.165) is 43.6 Å².